The fourth-order valence-electron chi connectivity index (χ4n) is 2.25. The van der Waals surface area contributed by atoms with Crippen molar-refractivity contribution in [3.05, 3.63) is 0 Å². The number of ether oxygens (including phenoxy) is 2. The van der Waals surface area contributed by atoms with Gasteiger partial charge in [-0.1, -0.05) is 34.6 Å². The van der Waals surface area contributed by atoms with Crippen LogP contribution in [0.3, 0.4) is 0 Å². The van der Waals surface area contributed by atoms with E-state index in [1.807, 2.05) is 13.8 Å². The molecule has 0 spiro atoms. The lowest BCUT2D eigenvalue weighted by Crippen LogP contribution is -2.45. The van der Waals surface area contributed by atoms with Crippen molar-refractivity contribution < 1.29 is 9.47 Å². The molecule has 1 atom stereocenters. The standard InChI is InChI=1S/C14H30N2O2.C2H6/c1-4-15-6-5-8-17-12-14-11-16(7-9-18-14)10-13(2)3;1-2/h13-15H,4-12H2,1-3H3;1-2H3. The lowest BCUT2D eigenvalue weighted by molar-refractivity contribution is -0.0711. The molecular formula is C16H36N2O2. The molecule has 122 valence electrons. The van der Waals surface area contributed by atoms with Crippen LogP contribution in [0.1, 0.15) is 41.0 Å². The molecule has 0 aromatic rings. The molecule has 0 amide bonds. The van der Waals surface area contributed by atoms with Crippen LogP contribution in [0.4, 0.5) is 0 Å². The first-order chi connectivity index (χ1) is 9.72. The van der Waals surface area contributed by atoms with Gasteiger partial charge in [-0.3, -0.25) is 4.90 Å². The minimum Gasteiger partial charge on any atom is -0.379 e. The summed E-state index contributed by atoms with van der Waals surface area (Å²) in [5, 5.41) is 3.30. The van der Waals surface area contributed by atoms with E-state index in [0.717, 1.165) is 58.3 Å². The summed E-state index contributed by atoms with van der Waals surface area (Å²) in [6, 6.07) is 0. The molecular weight excluding hydrogens is 252 g/mol. The first kappa shape index (κ1) is 19.8. The summed E-state index contributed by atoms with van der Waals surface area (Å²) in [4.78, 5) is 2.49. The zero-order valence-corrected chi connectivity index (χ0v) is 14.3. The van der Waals surface area contributed by atoms with Gasteiger partial charge in [0.1, 0.15) is 0 Å². The number of hydrogen-bond acceptors (Lipinski definition) is 4. The molecule has 1 rings (SSSR count). The van der Waals surface area contributed by atoms with E-state index >= 15 is 0 Å². The van der Waals surface area contributed by atoms with Crippen molar-refractivity contribution in [2.75, 3.05) is 52.5 Å². The molecule has 1 N–H and O–H groups in total. The Kier molecular flexibility index (Phi) is 13.7. The lowest BCUT2D eigenvalue weighted by Gasteiger charge is -2.33. The predicted octanol–water partition coefficient (Wildman–Crippen LogP) is 2.39. The van der Waals surface area contributed by atoms with Gasteiger partial charge >= 0.3 is 0 Å². The lowest BCUT2D eigenvalue weighted by atomic mass is 10.2. The highest BCUT2D eigenvalue weighted by molar-refractivity contribution is 4.72. The molecule has 0 aromatic heterocycles. The molecule has 0 aliphatic carbocycles. The second-order valence-corrected chi connectivity index (χ2v) is 5.43. The summed E-state index contributed by atoms with van der Waals surface area (Å²) in [7, 11) is 0. The molecule has 1 saturated heterocycles. The fourth-order valence-corrected chi connectivity index (χ4v) is 2.25. The van der Waals surface area contributed by atoms with Gasteiger partial charge in [-0.25, -0.2) is 0 Å². The molecule has 20 heavy (non-hydrogen) atoms. The fraction of sp³-hybridized carbons (Fsp3) is 1.00. The van der Waals surface area contributed by atoms with E-state index in [2.05, 4.69) is 31.0 Å². The van der Waals surface area contributed by atoms with Gasteiger partial charge in [0.25, 0.3) is 0 Å². The zero-order chi connectivity index (χ0) is 15.2. The second kappa shape index (κ2) is 13.8. The summed E-state index contributed by atoms with van der Waals surface area (Å²) in [5.41, 5.74) is 0. The predicted molar refractivity (Wildman–Crippen MR) is 86.3 cm³/mol. The highest BCUT2D eigenvalue weighted by Crippen LogP contribution is 2.08. The Bertz CT molecular complexity index is 201. The first-order valence-electron chi connectivity index (χ1n) is 8.34. The molecule has 4 heteroatoms. The summed E-state index contributed by atoms with van der Waals surface area (Å²) in [6.45, 7) is 18.4. The maximum atomic E-state index is 5.74. The van der Waals surface area contributed by atoms with E-state index < -0.39 is 0 Å². The monoisotopic (exact) mass is 288 g/mol. The topological polar surface area (TPSA) is 33.7 Å². The van der Waals surface area contributed by atoms with Crippen LogP contribution in [0.2, 0.25) is 0 Å². The minimum absolute atomic E-state index is 0.261. The van der Waals surface area contributed by atoms with Crippen LogP contribution in [-0.2, 0) is 9.47 Å². The van der Waals surface area contributed by atoms with E-state index in [9.17, 15) is 0 Å². The summed E-state index contributed by atoms with van der Waals surface area (Å²) in [5.74, 6) is 0.727. The Hall–Kier alpha value is -0.160. The molecule has 1 aliphatic rings. The van der Waals surface area contributed by atoms with Crippen molar-refractivity contribution in [3.8, 4) is 0 Å². The average molecular weight is 288 g/mol. The third-order valence-corrected chi connectivity index (χ3v) is 3.04. The van der Waals surface area contributed by atoms with Gasteiger partial charge in [0.15, 0.2) is 0 Å². The van der Waals surface area contributed by atoms with Crippen molar-refractivity contribution in [1.82, 2.24) is 10.2 Å². The van der Waals surface area contributed by atoms with Crippen LogP contribution in [0.5, 0.6) is 0 Å². The number of nitrogens with zero attached hydrogens (tertiary/aromatic N) is 1. The third kappa shape index (κ3) is 10.6. The summed E-state index contributed by atoms with van der Waals surface area (Å²) in [6.07, 6.45) is 1.34. The molecule has 1 unspecified atom stereocenters. The van der Waals surface area contributed by atoms with E-state index in [0.29, 0.717) is 0 Å². The van der Waals surface area contributed by atoms with Crippen LogP contribution in [0, 0.1) is 5.92 Å². The van der Waals surface area contributed by atoms with Crippen molar-refractivity contribution in [1.29, 1.82) is 0 Å². The SMILES string of the molecule is CC.CCNCCCOCC1CN(CC(C)C)CCO1. The Morgan fingerprint density at radius 3 is 2.75 bits per heavy atom. The van der Waals surface area contributed by atoms with Gasteiger partial charge in [-0.2, -0.15) is 0 Å². The van der Waals surface area contributed by atoms with Crippen molar-refractivity contribution in [2.24, 2.45) is 5.92 Å². The third-order valence-electron chi connectivity index (χ3n) is 3.04. The van der Waals surface area contributed by atoms with Gasteiger partial charge < -0.3 is 14.8 Å². The highest BCUT2D eigenvalue weighted by Gasteiger charge is 2.20. The number of morpholine rings is 1. The molecule has 0 bridgehead atoms. The van der Waals surface area contributed by atoms with Crippen LogP contribution in [0.25, 0.3) is 0 Å². The minimum atomic E-state index is 0.261. The van der Waals surface area contributed by atoms with Crippen molar-refractivity contribution >= 4 is 0 Å². The Morgan fingerprint density at radius 1 is 1.35 bits per heavy atom. The van der Waals surface area contributed by atoms with Gasteiger partial charge in [0.05, 0.1) is 19.3 Å². The molecule has 1 heterocycles. The largest absolute Gasteiger partial charge is 0.379 e. The zero-order valence-electron chi connectivity index (χ0n) is 14.3. The summed E-state index contributed by atoms with van der Waals surface area (Å²) >= 11 is 0. The molecule has 0 radical (unpaired) electrons. The number of hydrogen-bond donors (Lipinski definition) is 1. The van der Waals surface area contributed by atoms with E-state index in [4.69, 9.17) is 9.47 Å². The molecule has 4 nitrogen and oxygen atoms in total. The quantitative estimate of drug-likeness (QED) is 0.661. The van der Waals surface area contributed by atoms with Crippen LogP contribution < -0.4 is 5.32 Å². The van der Waals surface area contributed by atoms with Gasteiger partial charge in [0, 0.05) is 26.2 Å². The maximum Gasteiger partial charge on any atom is 0.0935 e. The van der Waals surface area contributed by atoms with Gasteiger partial charge in [-0.05, 0) is 25.4 Å². The van der Waals surface area contributed by atoms with E-state index in [1.54, 1.807) is 0 Å². The van der Waals surface area contributed by atoms with Gasteiger partial charge in [-0.15, -0.1) is 0 Å². The van der Waals surface area contributed by atoms with E-state index in [-0.39, 0.29) is 6.10 Å². The second-order valence-electron chi connectivity index (χ2n) is 5.43. The normalized spacial score (nSPS) is 19.8. The number of nitrogens with one attached hydrogen (secondary N) is 1. The Balaban J connectivity index is 0.00000172. The molecule has 0 saturated carbocycles. The first-order valence-corrected chi connectivity index (χ1v) is 8.34. The van der Waals surface area contributed by atoms with Crippen LogP contribution >= 0.6 is 0 Å². The van der Waals surface area contributed by atoms with Crippen LogP contribution in [0.15, 0.2) is 0 Å². The molecule has 0 aromatic carbocycles. The highest BCUT2D eigenvalue weighted by atomic mass is 16.5. The van der Waals surface area contributed by atoms with E-state index in [1.165, 1.54) is 6.54 Å². The maximum absolute atomic E-state index is 5.74. The van der Waals surface area contributed by atoms with Crippen molar-refractivity contribution in [2.45, 2.75) is 47.1 Å². The molecule has 1 aliphatic heterocycles. The summed E-state index contributed by atoms with van der Waals surface area (Å²) < 4.78 is 11.4. The van der Waals surface area contributed by atoms with Gasteiger partial charge in [0.2, 0.25) is 0 Å². The Morgan fingerprint density at radius 2 is 2.10 bits per heavy atom. The smallest absolute Gasteiger partial charge is 0.0935 e. The number of rotatable bonds is 9. The Labute approximate surface area is 126 Å². The van der Waals surface area contributed by atoms with Crippen molar-refractivity contribution in [3.63, 3.8) is 0 Å². The molecule has 1 fully saturated rings. The van der Waals surface area contributed by atoms with Crippen LogP contribution in [-0.4, -0.2) is 63.5 Å². The average Bonchev–Trinajstić information content (AvgIpc) is 2.44.